The second kappa shape index (κ2) is 10.3. The average molecular weight is 432 g/mol. The van der Waals surface area contributed by atoms with E-state index in [0.717, 1.165) is 44.4 Å². The Morgan fingerprint density at radius 1 is 1.19 bits per heavy atom. The van der Waals surface area contributed by atoms with Gasteiger partial charge in [-0.05, 0) is 43.9 Å². The molecule has 1 fully saturated rings. The Balaban J connectivity index is 1.84. The molecule has 2 aromatic rings. The summed E-state index contributed by atoms with van der Waals surface area (Å²) < 4.78 is 3.46. The van der Waals surface area contributed by atoms with E-state index in [0.29, 0.717) is 48.8 Å². The highest BCUT2D eigenvalue weighted by Crippen LogP contribution is 2.23. The molecule has 0 saturated heterocycles. The third kappa shape index (κ3) is 5.66. The Labute approximate surface area is 183 Å². The highest BCUT2D eigenvalue weighted by molar-refractivity contribution is 5.77. The predicted molar refractivity (Wildman–Crippen MR) is 122 cm³/mol. The number of amides is 1. The van der Waals surface area contributed by atoms with Crippen molar-refractivity contribution in [3.05, 3.63) is 26.7 Å². The monoisotopic (exact) mass is 431 g/mol. The Kier molecular flexibility index (Phi) is 7.73. The topological polar surface area (TPSA) is 102 Å². The number of nitrogens with zero attached hydrogens (tertiary/aromatic N) is 3. The van der Waals surface area contributed by atoms with Gasteiger partial charge in [0.15, 0.2) is 11.2 Å². The molecule has 0 aliphatic heterocycles. The molecule has 0 aromatic carbocycles. The van der Waals surface area contributed by atoms with Gasteiger partial charge in [-0.25, -0.2) is 9.78 Å². The Morgan fingerprint density at radius 3 is 2.55 bits per heavy atom. The van der Waals surface area contributed by atoms with Crippen molar-refractivity contribution in [2.45, 2.75) is 98.2 Å². The molecule has 2 N–H and O–H groups in total. The molecule has 0 spiro atoms. The van der Waals surface area contributed by atoms with Gasteiger partial charge in [0, 0.05) is 32.0 Å². The van der Waals surface area contributed by atoms with E-state index in [2.05, 4.69) is 38.0 Å². The number of hydrogen-bond acceptors (Lipinski definition) is 4. The summed E-state index contributed by atoms with van der Waals surface area (Å²) in [7, 11) is 0. The summed E-state index contributed by atoms with van der Waals surface area (Å²) in [4.78, 5) is 44.8. The molecular weight excluding hydrogens is 394 g/mol. The van der Waals surface area contributed by atoms with Crippen LogP contribution in [0.5, 0.6) is 0 Å². The summed E-state index contributed by atoms with van der Waals surface area (Å²) in [6.07, 6.45) is 6.93. The maximum Gasteiger partial charge on any atom is 0.330 e. The fourth-order valence-corrected chi connectivity index (χ4v) is 4.42. The number of fused-ring (bicyclic) bond motifs is 1. The van der Waals surface area contributed by atoms with Gasteiger partial charge in [-0.15, -0.1) is 0 Å². The number of hydrogen-bond donors (Lipinski definition) is 2. The first kappa shape index (κ1) is 23.3. The number of unbranched alkanes of at least 4 members (excludes halogenated alkanes) is 1. The normalized spacial score (nSPS) is 19.3. The molecule has 1 aliphatic carbocycles. The molecule has 0 unspecified atom stereocenters. The first-order chi connectivity index (χ1) is 14.8. The van der Waals surface area contributed by atoms with Gasteiger partial charge >= 0.3 is 5.69 Å². The van der Waals surface area contributed by atoms with Crippen molar-refractivity contribution in [1.82, 2.24) is 24.4 Å². The van der Waals surface area contributed by atoms with Crippen LogP contribution in [0.4, 0.5) is 0 Å². The predicted octanol–water partition coefficient (Wildman–Crippen LogP) is 2.97. The minimum atomic E-state index is -0.420. The first-order valence-corrected chi connectivity index (χ1v) is 11.8. The number of carbonyl (C=O) groups excluding carboxylic acids is 1. The van der Waals surface area contributed by atoms with Gasteiger partial charge in [-0.1, -0.05) is 34.1 Å². The summed E-state index contributed by atoms with van der Waals surface area (Å²) in [5.74, 6) is 1.76. The molecule has 8 heteroatoms. The van der Waals surface area contributed by atoms with Crippen LogP contribution >= 0.6 is 0 Å². The second-order valence-corrected chi connectivity index (χ2v) is 9.49. The number of aryl methyl sites for hydroxylation is 2. The van der Waals surface area contributed by atoms with Crippen LogP contribution in [0.3, 0.4) is 0 Å². The van der Waals surface area contributed by atoms with Crippen LogP contribution in [0.25, 0.3) is 11.2 Å². The van der Waals surface area contributed by atoms with Gasteiger partial charge in [0.05, 0.1) is 0 Å². The fraction of sp³-hybridized carbons (Fsp3) is 0.739. The quantitative estimate of drug-likeness (QED) is 0.637. The molecule has 8 nitrogen and oxygen atoms in total. The highest BCUT2D eigenvalue weighted by atomic mass is 16.2. The molecule has 2 aromatic heterocycles. The van der Waals surface area contributed by atoms with E-state index in [-0.39, 0.29) is 11.9 Å². The largest absolute Gasteiger partial charge is 0.353 e. The molecule has 3 rings (SSSR count). The van der Waals surface area contributed by atoms with Crippen molar-refractivity contribution in [2.24, 2.45) is 11.8 Å². The van der Waals surface area contributed by atoms with Crippen LogP contribution in [0, 0.1) is 11.8 Å². The van der Waals surface area contributed by atoms with Gasteiger partial charge in [0.25, 0.3) is 5.56 Å². The van der Waals surface area contributed by atoms with Gasteiger partial charge < -0.3 is 9.88 Å². The smallest absolute Gasteiger partial charge is 0.330 e. The van der Waals surface area contributed by atoms with Gasteiger partial charge in [0.2, 0.25) is 5.91 Å². The Bertz CT molecular complexity index is 1010. The number of aromatic nitrogens is 4. The van der Waals surface area contributed by atoms with E-state index in [1.165, 1.54) is 0 Å². The van der Waals surface area contributed by atoms with Crippen LogP contribution in [-0.4, -0.2) is 31.1 Å². The standard InChI is InChI=1S/C23H37N5O3/c1-5-6-13-27-21-20(22(30)26-23(27)31)28(14-15(2)3)18(25-21)11-12-19(29)24-17-9-7-16(4)8-10-17/h15-17H,5-14H2,1-4H3,(H,24,29)(H,26,30,31). The Hall–Kier alpha value is -2.38. The van der Waals surface area contributed by atoms with E-state index in [1.807, 2.05) is 4.57 Å². The van der Waals surface area contributed by atoms with Crippen molar-refractivity contribution >= 4 is 17.1 Å². The number of rotatable bonds is 9. The lowest BCUT2D eigenvalue weighted by molar-refractivity contribution is -0.122. The van der Waals surface area contributed by atoms with E-state index >= 15 is 0 Å². The molecule has 0 atom stereocenters. The van der Waals surface area contributed by atoms with Crippen LogP contribution in [0.15, 0.2) is 9.59 Å². The zero-order valence-corrected chi connectivity index (χ0v) is 19.4. The highest BCUT2D eigenvalue weighted by Gasteiger charge is 2.22. The van der Waals surface area contributed by atoms with Crippen molar-refractivity contribution in [1.29, 1.82) is 0 Å². The summed E-state index contributed by atoms with van der Waals surface area (Å²) in [5.41, 5.74) is 0.0319. The summed E-state index contributed by atoms with van der Waals surface area (Å²) in [5, 5.41) is 3.16. The second-order valence-electron chi connectivity index (χ2n) is 9.49. The summed E-state index contributed by atoms with van der Waals surface area (Å²) in [6.45, 7) is 9.60. The minimum absolute atomic E-state index is 0.0278. The average Bonchev–Trinajstić information content (AvgIpc) is 3.06. The minimum Gasteiger partial charge on any atom is -0.353 e. The number of imidazole rings is 1. The van der Waals surface area contributed by atoms with Crippen molar-refractivity contribution in [3.8, 4) is 0 Å². The van der Waals surface area contributed by atoms with E-state index in [9.17, 15) is 14.4 Å². The SMILES string of the molecule is CCCCn1c(=O)[nH]c(=O)c2c1nc(CCC(=O)NC1CCC(C)CC1)n2CC(C)C. The zero-order valence-electron chi connectivity index (χ0n) is 19.4. The summed E-state index contributed by atoms with van der Waals surface area (Å²) >= 11 is 0. The lowest BCUT2D eigenvalue weighted by Crippen LogP contribution is -2.37. The number of nitrogens with one attached hydrogen (secondary N) is 2. The first-order valence-electron chi connectivity index (χ1n) is 11.8. The van der Waals surface area contributed by atoms with Gasteiger partial charge in [0.1, 0.15) is 5.82 Å². The fourth-order valence-electron chi connectivity index (χ4n) is 4.42. The van der Waals surface area contributed by atoms with E-state index in [4.69, 9.17) is 4.98 Å². The van der Waals surface area contributed by atoms with Crippen molar-refractivity contribution in [3.63, 3.8) is 0 Å². The van der Waals surface area contributed by atoms with Crippen LogP contribution < -0.4 is 16.6 Å². The van der Waals surface area contributed by atoms with E-state index < -0.39 is 11.2 Å². The number of H-pyrrole nitrogens is 1. The number of carbonyl (C=O) groups is 1. The molecule has 0 bridgehead atoms. The van der Waals surface area contributed by atoms with Crippen LogP contribution in [-0.2, 0) is 24.3 Å². The molecule has 1 aliphatic rings. The van der Waals surface area contributed by atoms with Crippen molar-refractivity contribution in [2.75, 3.05) is 0 Å². The third-order valence-corrected chi connectivity index (χ3v) is 6.20. The Morgan fingerprint density at radius 2 is 1.90 bits per heavy atom. The molecule has 1 saturated carbocycles. The number of aromatic amines is 1. The molecule has 1 amide bonds. The molecule has 0 radical (unpaired) electrons. The van der Waals surface area contributed by atoms with Crippen molar-refractivity contribution < 1.29 is 4.79 Å². The lowest BCUT2D eigenvalue weighted by atomic mass is 9.87. The van der Waals surface area contributed by atoms with Gasteiger partial charge in [-0.2, -0.15) is 0 Å². The summed E-state index contributed by atoms with van der Waals surface area (Å²) in [6, 6.07) is 0.264. The van der Waals surface area contributed by atoms with Gasteiger partial charge in [-0.3, -0.25) is 19.1 Å². The lowest BCUT2D eigenvalue weighted by Gasteiger charge is -2.26. The van der Waals surface area contributed by atoms with Crippen LogP contribution in [0.2, 0.25) is 0 Å². The van der Waals surface area contributed by atoms with Crippen LogP contribution in [0.1, 0.15) is 78.5 Å². The molecule has 31 heavy (non-hydrogen) atoms. The molecule has 172 valence electrons. The van der Waals surface area contributed by atoms with E-state index in [1.54, 1.807) is 4.57 Å². The third-order valence-electron chi connectivity index (χ3n) is 6.20. The maximum atomic E-state index is 12.7. The molecular formula is C23H37N5O3. The molecule has 2 heterocycles. The zero-order chi connectivity index (χ0) is 22.5. The maximum absolute atomic E-state index is 12.7.